The van der Waals surface area contributed by atoms with Crippen LogP contribution in [0, 0.1) is 16.2 Å². The second-order valence-electron chi connectivity index (χ2n) is 10.5. The highest BCUT2D eigenvalue weighted by Crippen LogP contribution is 2.33. The summed E-state index contributed by atoms with van der Waals surface area (Å²) in [5.41, 5.74) is -5.41. The van der Waals surface area contributed by atoms with E-state index in [9.17, 15) is 38.7 Å². The lowest BCUT2D eigenvalue weighted by molar-refractivity contribution is -0.403. The molecule has 20 heteroatoms. The second kappa shape index (κ2) is 27.5. The van der Waals surface area contributed by atoms with Gasteiger partial charge in [-0.15, -0.1) is 0 Å². The number of rotatable bonds is 18. The summed E-state index contributed by atoms with van der Waals surface area (Å²) in [5.74, 6) is -6.81. The van der Waals surface area contributed by atoms with Crippen LogP contribution in [0.4, 0.5) is 0 Å². The van der Waals surface area contributed by atoms with Crippen LogP contribution in [0.3, 0.4) is 0 Å². The first kappa shape index (κ1) is 53.3. The van der Waals surface area contributed by atoms with Crippen molar-refractivity contribution < 1.29 is 96.3 Å². The molecule has 20 nitrogen and oxygen atoms in total. The van der Waals surface area contributed by atoms with Gasteiger partial charge in [-0.2, -0.15) is 0 Å². The third kappa shape index (κ3) is 15.8. The predicted octanol–water partition coefficient (Wildman–Crippen LogP) is -0.565. The molecule has 3 N–H and O–H groups in total. The van der Waals surface area contributed by atoms with Crippen molar-refractivity contribution in [2.45, 2.75) is 68.3 Å². The molecule has 53 heavy (non-hydrogen) atoms. The molecule has 1 rings (SSSR count). The van der Waals surface area contributed by atoms with Crippen molar-refractivity contribution in [3.8, 4) is 0 Å². The summed E-state index contributed by atoms with van der Waals surface area (Å²) in [6, 6.07) is 0. The largest absolute Gasteiger partial charge is 0.465 e. The van der Waals surface area contributed by atoms with Gasteiger partial charge in [0.1, 0.15) is 13.4 Å². The number of ketones is 1. The van der Waals surface area contributed by atoms with Gasteiger partial charge in [0.25, 0.3) is 5.97 Å². The van der Waals surface area contributed by atoms with E-state index in [1.54, 1.807) is 48.5 Å². The summed E-state index contributed by atoms with van der Waals surface area (Å²) >= 11 is 0. The number of hydrogen-bond acceptors (Lipinski definition) is 20. The normalized spacial score (nSPS) is 14.0. The molecule has 1 fully saturated rings. The summed E-state index contributed by atoms with van der Waals surface area (Å²) in [5, 5.41) is 27.0. The van der Waals surface area contributed by atoms with E-state index < -0.39 is 90.2 Å². The van der Waals surface area contributed by atoms with Crippen molar-refractivity contribution in [2.24, 2.45) is 16.2 Å². The van der Waals surface area contributed by atoms with Gasteiger partial charge in [0.05, 0.1) is 66.1 Å². The van der Waals surface area contributed by atoms with E-state index in [-0.39, 0.29) is 46.2 Å². The van der Waals surface area contributed by atoms with E-state index in [1.807, 2.05) is 6.79 Å². The summed E-state index contributed by atoms with van der Waals surface area (Å²) < 4.78 is 44.6. The predicted molar refractivity (Wildman–Crippen MR) is 178 cm³/mol. The number of aliphatic hydroxyl groups is 3. The van der Waals surface area contributed by atoms with Crippen molar-refractivity contribution in [1.29, 1.82) is 0 Å². The topological polar surface area (TPSA) is 280 Å². The fraction of sp³-hybridized carbons (Fsp3) is 0.758. The first-order chi connectivity index (χ1) is 24.9. The smallest absolute Gasteiger partial charge is 0.329 e. The van der Waals surface area contributed by atoms with E-state index in [4.69, 9.17) is 48.2 Å². The Bertz CT molecular complexity index is 1100. The summed E-state index contributed by atoms with van der Waals surface area (Å²) in [6.45, 7) is 13.1. The van der Waals surface area contributed by atoms with Gasteiger partial charge in [0.2, 0.25) is 10.8 Å². The minimum atomic E-state index is -2.02. The van der Waals surface area contributed by atoms with Crippen LogP contribution in [0.2, 0.25) is 0 Å². The summed E-state index contributed by atoms with van der Waals surface area (Å²) in [4.78, 5) is 88.7. The first-order valence-corrected chi connectivity index (χ1v) is 16.5. The molecule has 0 aliphatic carbocycles. The molecule has 0 aromatic carbocycles. The zero-order valence-electron chi connectivity index (χ0n) is 32.0. The highest BCUT2D eigenvalue weighted by atomic mass is 16.9. The van der Waals surface area contributed by atoms with Crippen molar-refractivity contribution in [1.82, 2.24) is 0 Å². The van der Waals surface area contributed by atoms with Crippen molar-refractivity contribution in [3.63, 3.8) is 0 Å². The monoisotopic (exact) mass is 772 g/mol. The third-order valence-electron chi connectivity index (χ3n) is 6.90. The SMILES string of the molecule is C=O.CCOC(=O)C(CO)(CO)C(C)=O.CCOC(=O)C(CO)(COC(C)=O)C(=O)OCC.CCOC(=O)C1(C(=O)OCC)COC(C)(OCC)OC1. The number of carbonyl (C=O) groups excluding carboxylic acids is 8. The van der Waals surface area contributed by atoms with Crippen LogP contribution in [0.15, 0.2) is 0 Å². The van der Waals surface area contributed by atoms with Crippen LogP contribution in [-0.2, 0) is 81.0 Å². The molecule has 0 radical (unpaired) electrons. The fourth-order valence-corrected chi connectivity index (χ4v) is 3.75. The Morgan fingerprint density at radius 3 is 1.19 bits per heavy atom. The average Bonchev–Trinajstić information content (AvgIpc) is 3.12. The molecule has 0 saturated carbocycles. The molecule has 1 aliphatic rings. The number of carbonyl (C=O) groups is 8. The molecule has 0 unspecified atom stereocenters. The Labute approximate surface area is 308 Å². The van der Waals surface area contributed by atoms with E-state index in [0.717, 1.165) is 13.8 Å². The Morgan fingerprint density at radius 1 is 0.585 bits per heavy atom. The Kier molecular flexibility index (Phi) is 27.7. The van der Waals surface area contributed by atoms with Crippen molar-refractivity contribution in [3.05, 3.63) is 0 Å². The Morgan fingerprint density at radius 2 is 0.925 bits per heavy atom. The van der Waals surface area contributed by atoms with Gasteiger partial charge >= 0.3 is 35.8 Å². The number of esters is 6. The van der Waals surface area contributed by atoms with E-state index in [0.29, 0.717) is 6.61 Å². The van der Waals surface area contributed by atoms with Crippen molar-refractivity contribution >= 4 is 48.4 Å². The molecule has 308 valence electrons. The van der Waals surface area contributed by atoms with Crippen LogP contribution in [0.1, 0.15) is 62.3 Å². The summed E-state index contributed by atoms with van der Waals surface area (Å²) in [6.07, 6.45) is 0. The van der Waals surface area contributed by atoms with E-state index in [2.05, 4.69) is 9.47 Å². The van der Waals surface area contributed by atoms with Gasteiger partial charge in [0.15, 0.2) is 11.2 Å². The molecule has 1 heterocycles. The number of Topliss-reactive ketones (excluding diaryl/α,β-unsaturated/α-hetero) is 1. The van der Waals surface area contributed by atoms with E-state index in [1.165, 1.54) is 0 Å². The average molecular weight is 773 g/mol. The Balaban J connectivity index is -0.000000706. The molecule has 0 amide bonds. The van der Waals surface area contributed by atoms with Gasteiger partial charge in [-0.1, -0.05) is 0 Å². The minimum absolute atomic E-state index is 0.0278. The molecule has 0 aromatic heterocycles. The standard InChI is InChI=1S/C13H22O7.C11H18O7.C8H14O5.CH2O/c1-5-16-10(14)13(11(15)17-6-2)8-19-12(4,18-7-3)20-9-13;1-4-16-9(14)11(6-12,7-18-8(3)13)10(15)17-5-2;1-3-13-7(12)8(4-9,5-10)6(2)11;1-2/h5-9H2,1-4H3;12H,4-7H2,1-3H3;9-10H,3-5H2,1-2H3;1H2. The maximum atomic E-state index is 12.1. The molecule has 0 aromatic rings. The zero-order valence-corrected chi connectivity index (χ0v) is 32.0. The van der Waals surface area contributed by atoms with Crippen LogP contribution in [0.5, 0.6) is 0 Å². The van der Waals surface area contributed by atoms with E-state index >= 15 is 0 Å². The molecular formula is C33H56O20. The van der Waals surface area contributed by atoms with Crippen LogP contribution in [-0.4, -0.2) is 149 Å². The van der Waals surface area contributed by atoms with Gasteiger partial charge < -0.3 is 62.7 Å². The minimum Gasteiger partial charge on any atom is -0.465 e. The van der Waals surface area contributed by atoms with Crippen LogP contribution in [0.25, 0.3) is 0 Å². The van der Waals surface area contributed by atoms with Crippen molar-refractivity contribution in [2.75, 3.05) is 79.3 Å². The Hall–Kier alpha value is -4.08. The lowest BCUT2D eigenvalue weighted by Crippen LogP contribution is -2.57. The molecule has 1 saturated heterocycles. The van der Waals surface area contributed by atoms with Gasteiger partial charge in [-0.25, -0.2) is 0 Å². The zero-order chi connectivity index (χ0) is 41.9. The third-order valence-corrected chi connectivity index (χ3v) is 6.90. The highest BCUT2D eigenvalue weighted by Gasteiger charge is 2.56. The molecular weight excluding hydrogens is 716 g/mol. The maximum Gasteiger partial charge on any atom is 0.329 e. The number of ether oxygens (including phenoxy) is 9. The van der Waals surface area contributed by atoms with Gasteiger partial charge in [-0.3, -0.25) is 33.6 Å². The number of aliphatic hydroxyl groups excluding tert-OH is 3. The van der Waals surface area contributed by atoms with Gasteiger partial charge in [-0.05, 0) is 48.5 Å². The van der Waals surface area contributed by atoms with Gasteiger partial charge in [0, 0.05) is 20.5 Å². The molecule has 0 atom stereocenters. The number of hydrogen-bond donors (Lipinski definition) is 3. The fourth-order valence-electron chi connectivity index (χ4n) is 3.75. The maximum absolute atomic E-state index is 12.1. The highest BCUT2D eigenvalue weighted by molar-refractivity contribution is 6.03. The summed E-state index contributed by atoms with van der Waals surface area (Å²) in [7, 11) is 0. The lowest BCUT2D eigenvalue weighted by atomic mass is 9.86. The van der Waals surface area contributed by atoms with Crippen LogP contribution < -0.4 is 0 Å². The molecule has 0 spiro atoms. The molecule has 1 aliphatic heterocycles. The quantitative estimate of drug-likeness (QED) is 0.0894. The lowest BCUT2D eigenvalue weighted by Gasteiger charge is -2.40. The molecule has 0 bridgehead atoms. The van der Waals surface area contributed by atoms with Crippen LogP contribution >= 0.6 is 0 Å². The first-order valence-electron chi connectivity index (χ1n) is 16.5. The second-order valence-corrected chi connectivity index (χ2v) is 10.5.